The number of nitrogens with zero attached hydrogens (tertiary/aromatic N) is 1. The van der Waals surface area contributed by atoms with Crippen molar-refractivity contribution >= 4 is 23.5 Å². The Hall–Kier alpha value is -1.86. The van der Waals surface area contributed by atoms with Gasteiger partial charge in [0.15, 0.2) is 0 Å². The molecular formula is C16H21ClN2O5. The first-order valence-electron chi connectivity index (χ1n) is 7.85. The first-order chi connectivity index (χ1) is 11.6. The number of methoxy groups -OCH3 is 1. The molecule has 0 unspecified atom stereocenters. The number of carbonyl (C=O) groups excluding carboxylic acids is 2. The van der Waals surface area contributed by atoms with Crippen LogP contribution in [-0.4, -0.2) is 49.8 Å². The third kappa shape index (κ3) is 5.65. The number of amides is 1. The third-order valence-corrected chi connectivity index (χ3v) is 3.86. The first kappa shape index (κ1) is 18.5. The Kier molecular flexibility index (Phi) is 7.27. The number of carbonyl (C=O) groups is 2. The Morgan fingerprint density at radius 1 is 1.42 bits per heavy atom. The maximum Gasteiger partial charge on any atom is 0.305 e. The van der Waals surface area contributed by atoms with Gasteiger partial charge in [-0.15, -0.1) is 0 Å². The second-order valence-corrected chi connectivity index (χ2v) is 5.78. The lowest BCUT2D eigenvalue weighted by atomic mass is 10.1. The highest BCUT2D eigenvalue weighted by Crippen LogP contribution is 2.25. The van der Waals surface area contributed by atoms with Crippen molar-refractivity contribution in [1.82, 2.24) is 10.3 Å². The highest BCUT2D eigenvalue weighted by molar-refractivity contribution is 6.32. The molecule has 0 radical (unpaired) electrons. The highest BCUT2D eigenvalue weighted by atomic mass is 35.5. The topological polar surface area (TPSA) is 86.8 Å². The third-order valence-electron chi connectivity index (χ3n) is 3.59. The van der Waals surface area contributed by atoms with E-state index in [1.165, 1.54) is 19.4 Å². The second kappa shape index (κ2) is 9.44. The summed E-state index contributed by atoms with van der Waals surface area (Å²) in [4.78, 5) is 27.2. The molecule has 1 fully saturated rings. The van der Waals surface area contributed by atoms with E-state index in [0.29, 0.717) is 42.6 Å². The van der Waals surface area contributed by atoms with Gasteiger partial charge in [-0.1, -0.05) is 11.6 Å². The molecule has 1 aromatic rings. The van der Waals surface area contributed by atoms with Crippen molar-refractivity contribution in [3.05, 3.63) is 22.8 Å². The van der Waals surface area contributed by atoms with E-state index in [1.54, 1.807) is 0 Å². The van der Waals surface area contributed by atoms with Crippen LogP contribution in [0.25, 0.3) is 0 Å². The predicted octanol–water partition coefficient (Wildman–Crippen LogP) is 1.98. The SMILES string of the molecule is COC(=O)CCCNC(=O)c1cnc(OC2CCOCC2)c(Cl)c1. The number of rotatable bonds is 7. The van der Waals surface area contributed by atoms with Crippen LogP contribution in [0.4, 0.5) is 0 Å². The smallest absolute Gasteiger partial charge is 0.305 e. The van der Waals surface area contributed by atoms with E-state index in [0.717, 1.165) is 12.8 Å². The summed E-state index contributed by atoms with van der Waals surface area (Å²) in [5.41, 5.74) is 0.345. The van der Waals surface area contributed by atoms with Gasteiger partial charge in [0, 0.05) is 32.0 Å². The van der Waals surface area contributed by atoms with E-state index in [-0.39, 0.29) is 24.4 Å². The molecule has 0 aromatic carbocycles. The fourth-order valence-electron chi connectivity index (χ4n) is 2.23. The van der Waals surface area contributed by atoms with E-state index in [1.807, 2.05) is 0 Å². The zero-order valence-corrected chi connectivity index (χ0v) is 14.3. The Bertz CT molecular complexity index is 576. The van der Waals surface area contributed by atoms with Crippen LogP contribution in [0.15, 0.2) is 12.3 Å². The van der Waals surface area contributed by atoms with Gasteiger partial charge in [0.1, 0.15) is 11.1 Å². The van der Waals surface area contributed by atoms with Gasteiger partial charge in [-0.3, -0.25) is 9.59 Å². The minimum Gasteiger partial charge on any atom is -0.473 e. The standard InChI is InChI=1S/C16H21ClN2O5/c1-22-14(20)3-2-6-18-15(21)11-9-13(17)16(19-10-11)24-12-4-7-23-8-5-12/h9-10,12H,2-8H2,1H3,(H,18,21). The van der Waals surface area contributed by atoms with Crippen LogP contribution < -0.4 is 10.1 Å². The first-order valence-corrected chi connectivity index (χ1v) is 8.23. The van der Waals surface area contributed by atoms with Crippen LogP contribution in [0.5, 0.6) is 5.88 Å². The summed E-state index contributed by atoms with van der Waals surface area (Å²) in [5, 5.41) is 3.00. The summed E-state index contributed by atoms with van der Waals surface area (Å²) in [6.07, 6.45) is 3.80. The number of hydrogen-bond acceptors (Lipinski definition) is 6. The van der Waals surface area contributed by atoms with Crippen LogP contribution >= 0.6 is 11.6 Å². The van der Waals surface area contributed by atoms with Crippen molar-refractivity contribution in [2.75, 3.05) is 26.9 Å². The van der Waals surface area contributed by atoms with Crippen molar-refractivity contribution in [3.8, 4) is 5.88 Å². The number of aromatic nitrogens is 1. The molecular weight excluding hydrogens is 336 g/mol. The molecule has 1 amide bonds. The summed E-state index contributed by atoms with van der Waals surface area (Å²) < 4.78 is 15.6. The zero-order valence-electron chi connectivity index (χ0n) is 13.5. The average Bonchev–Trinajstić information content (AvgIpc) is 2.60. The molecule has 132 valence electrons. The molecule has 0 aliphatic carbocycles. The highest BCUT2D eigenvalue weighted by Gasteiger charge is 2.18. The molecule has 0 spiro atoms. The Labute approximate surface area is 145 Å². The van der Waals surface area contributed by atoms with Gasteiger partial charge in [-0.25, -0.2) is 4.98 Å². The predicted molar refractivity (Wildman–Crippen MR) is 87.3 cm³/mol. The molecule has 7 nitrogen and oxygen atoms in total. The fraction of sp³-hybridized carbons (Fsp3) is 0.562. The monoisotopic (exact) mass is 356 g/mol. The summed E-state index contributed by atoms with van der Waals surface area (Å²) in [7, 11) is 1.33. The molecule has 1 aromatic heterocycles. The van der Waals surface area contributed by atoms with Gasteiger partial charge in [0.25, 0.3) is 5.91 Å². The molecule has 24 heavy (non-hydrogen) atoms. The number of esters is 1. The summed E-state index contributed by atoms with van der Waals surface area (Å²) in [6, 6.07) is 1.53. The van der Waals surface area contributed by atoms with E-state index >= 15 is 0 Å². The van der Waals surface area contributed by atoms with Crippen molar-refractivity contribution in [3.63, 3.8) is 0 Å². The van der Waals surface area contributed by atoms with Crippen molar-refractivity contribution in [2.24, 2.45) is 0 Å². The van der Waals surface area contributed by atoms with Gasteiger partial charge in [-0.2, -0.15) is 0 Å². The molecule has 1 aliphatic heterocycles. The number of hydrogen-bond donors (Lipinski definition) is 1. The lowest BCUT2D eigenvalue weighted by molar-refractivity contribution is -0.140. The van der Waals surface area contributed by atoms with Crippen molar-refractivity contribution in [1.29, 1.82) is 0 Å². The summed E-state index contributed by atoms with van der Waals surface area (Å²) in [5.74, 6) is -0.277. The molecule has 0 bridgehead atoms. The maximum absolute atomic E-state index is 12.0. The number of ether oxygens (including phenoxy) is 3. The quantitative estimate of drug-likeness (QED) is 0.593. The van der Waals surface area contributed by atoms with E-state index in [9.17, 15) is 9.59 Å². The van der Waals surface area contributed by atoms with Crippen LogP contribution in [0.2, 0.25) is 5.02 Å². The van der Waals surface area contributed by atoms with Crippen LogP contribution in [0.3, 0.4) is 0 Å². The van der Waals surface area contributed by atoms with Crippen molar-refractivity contribution < 1.29 is 23.8 Å². The minimum absolute atomic E-state index is 0.0294. The lowest BCUT2D eigenvalue weighted by Gasteiger charge is -2.23. The number of halogens is 1. The largest absolute Gasteiger partial charge is 0.473 e. The van der Waals surface area contributed by atoms with E-state index in [4.69, 9.17) is 21.1 Å². The van der Waals surface area contributed by atoms with Crippen LogP contribution in [0.1, 0.15) is 36.0 Å². The molecule has 2 rings (SSSR count). The van der Waals surface area contributed by atoms with E-state index in [2.05, 4.69) is 15.0 Å². The van der Waals surface area contributed by atoms with Gasteiger partial charge in [-0.05, 0) is 12.5 Å². The molecule has 8 heteroatoms. The molecule has 1 saturated heterocycles. The normalized spacial score (nSPS) is 14.9. The lowest BCUT2D eigenvalue weighted by Crippen LogP contribution is -2.27. The minimum atomic E-state index is -0.302. The second-order valence-electron chi connectivity index (χ2n) is 5.38. The van der Waals surface area contributed by atoms with Gasteiger partial charge in [0.05, 0.1) is 25.9 Å². The summed E-state index contributed by atoms with van der Waals surface area (Å²) >= 11 is 6.15. The average molecular weight is 357 g/mol. The molecule has 0 saturated carbocycles. The maximum atomic E-state index is 12.0. The van der Waals surface area contributed by atoms with E-state index < -0.39 is 0 Å². The molecule has 2 heterocycles. The van der Waals surface area contributed by atoms with Crippen LogP contribution in [0, 0.1) is 0 Å². The number of pyridine rings is 1. The van der Waals surface area contributed by atoms with Crippen molar-refractivity contribution in [2.45, 2.75) is 31.8 Å². The van der Waals surface area contributed by atoms with Gasteiger partial charge in [0.2, 0.25) is 5.88 Å². The van der Waals surface area contributed by atoms with Crippen LogP contribution in [-0.2, 0) is 14.3 Å². The molecule has 1 N–H and O–H groups in total. The Balaban J connectivity index is 1.83. The zero-order chi connectivity index (χ0) is 17.4. The molecule has 0 atom stereocenters. The van der Waals surface area contributed by atoms with Gasteiger partial charge >= 0.3 is 5.97 Å². The molecule has 1 aliphatic rings. The fourth-order valence-corrected chi connectivity index (χ4v) is 2.44. The Morgan fingerprint density at radius 3 is 2.83 bits per heavy atom. The Morgan fingerprint density at radius 2 is 2.17 bits per heavy atom. The van der Waals surface area contributed by atoms with Gasteiger partial charge < -0.3 is 19.5 Å². The summed E-state index contributed by atoms with van der Waals surface area (Å²) in [6.45, 7) is 1.69. The number of nitrogens with one attached hydrogen (secondary N) is 1.